The second kappa shape index (κ2) is 3.63. The smallest absolute Gasteiger partial charge is 0.114 e. The van der Waals surface area contributed by atoms with Crippen LogP contribution in [0.2, 0.25) is 0 Å². The van der Waals surface area contributed by atoms with E-state index in [0.29, 0.717) is 5.46 Å². The van der Waals surface area contributed by atoms with Crippen molar-refractivity contribution in [3.05, 3.63) is 27.2 Å². The highest BCUT2D eigenvalue weighted by Gasteiger charge is 2.06. The van der Waals surface area contributed by atoms with Gasteiger partial charge in [0.25, 0.3) is 0 Å². The molecule has 0 aromatic heterocycles. The van der Waals surface area contributed by atoms with Crippen LogP contribution in [0.25, 0.3) is 0 Å². The van der Waals surface area contributed by atoms with E-state index in [9.17, 15) is 0 Å². The lowest BCUT2D eigenvalue weighted by atomic mass is 9.87. The topological polar surface area (TPSA) is 20.2 Å². The van der Waals surface area contributed by atoms with Crippen LogP contribution in [0, 0.1) is 13.8 Å². The Morgan fingerprint density at radius 2 is 2.08 bits per heavy atom. The maximum atomic E-state index is 9.00. The van der Waals surface area contributed by atoms with Crippen LogP contribution in [-0.4, -0.2) is 13.0 Å². The fourth-order valence-corrected chi connectivity index (χ4v) is 1.78. The summed E-state index contributed by atoms with van der Waals surface area (Å²) in [6, 6.07) is 1.88. The summed E-state index contributed by atoms with van der Waals surface area (Å²) in [5.74, 6) is 0. The summed E-state index contributed by atoms with van der Waals surface area (Å²) in [7, 11) is 5.71. The Labute approximate surface area is 82.3 Å². The van der Waals surface area contributed by atoms with Crippen LogP contribution in [0.4, 0.5) is 0 Å². The van der Waals surface area contributed by atoms with Crippen LogP contribution >= 0.6 is 15.9 Å². The van der Waals surface area contributed by atoms with Gasteiger partial charge in [-0.15, -0.1) is 0 Å². The number of benzene rings is 1. The van der Waals surface area contributed by atoms with Gasteiger partial charge in [0.15, 0.2) is 0 Å². The minimum atomic E-state index is -0.0203. The number of rotatable bonds is 1. The van der Waals surface area contributed by atoms with Crippen LogP contribution in [0.1, 0.15) is 16.7 Å². The molecule has 3 heteroatoms. The first-order valence-electron chi connectivity index (χ1n) is 3.72. The van der Waals surface area contributed by atoms with Crippen molar-refractivity contribution in [2.24, 2.45) is 0 Å². The molecule has 0 saturated heterocycles. The minimum absolute atomic E-state index is 0.0203. The van der Waals surface area contributed by atoms with E-state index in [0.717, 1.165) is 21.2 Å². The Hall–Kier alpha value is -0.275. The molecule has 0 saturated carbocycles. The molecular formula is C9H10BBrO. The van der Waals surface area contributed by atoms with E-state index in [1.165, 1.54) is 0 Å². The predicted octanol–water partition coefficient (Wildman–Crippen LogP) is 1.35. The van der Waals surface area contributed by atoms with Crippen LogP contribution in [0.3, 0.4) is 0 Å². The maximum Gasteiger partial charge on any atom is 0.114 e. The van der Waals surface area contributed by atoms with E-state index in [2.05, 4.69) is 15.9 Å². The average Bonchev–Trinajstić information content (AvgIpc) is 2.01. The number of aryl methyl sites for hydroxylation is 1. The Morgan fingerprint density at radius 3 is 2.58 bits per heavy atom. The molecule has 0 heterocycles. The molecule has 12 heavy (non-hydrogen) atoms. The fourth-order valence-electron chi connectivity index (χ4n) is 1.12. The summed E-state index contributed by atoms with van der Waals surface area (Å²) in [5, 5.41) is 9.00. The lowest BCUT2D eigenvalue weighted by molar-refractivity contribution is 0.282. The van der Waals surface area contributed by atoms with Gasteiger partial charge in [-0.3, -0.25) is 0 Å². The number of aliphatic hydroxyl groups is 1. The molecule has 1 rings (SSSR count). The first-order valence-corrected chi connectivity index (χ1v) is 4.52. The fraction of sp³-hybridized carbons (Fsp3) is 0.333. The Kier molecular flexibility index (Phi) is 2.96. The second-order valence-corrected chi connectivity index (χ2v) is 3.65. The molecule has 0 amide bonds. The van der Waals surface area contributed by atoms with E-state index in [1.54, 1.807) is 0 Å². The molecule has 0 aliphatic heterocycles. The third kappa shape index (κ3) is 1.57. The molecule has 0 fully saturated rings. The van der Waals surface area contributed by atoms with Crippen molar-refractivity contribution >= 4 is 29.2 Å². The summed E-state index contributed by atoms with van der Waals surface area (Å²) < 4.78 is 0.919. The first kappa shape index (κ1) is 9.81. The predicted molar refractivity (Wildman–Crippen MR) is 54.9 cm³/mol. The van der Waals surface area contributed by atoms with Crippen molar-refractivity contribution in [1.29, 1.82) is 0 Å². The molecule has 0 aliphatic carbocycles. The molecule has 0 aliphatic rings. The molecule has 1 N–H and O–H groups in total. The van der Waals surface area contributed by atoms with E-state index in [-0.39, 0.29) is 6.61 Å². The van der Waals surface area contributed by atoms with Crippen molar-refractivity contribution in [1.82, 2.24) is 0 Å². The van der Waals surface area contributed by atoms with E-state index in [1.807, 2.05) is 19.9 Å². The normalized spacial score (nSPS) is 10.3. The molecule has 1 aromatic carbocycles. The van der Waals surface area contributed by atoms with Gasteiger partial charge in [0.2, 0.25) is 0 Å². The highest BCUT2D eigenvalue weighted by atomic mass is 79.9. The van der Waals surface area contributed by atoms with E-state index >= 15 is 0 Å². The monoisotopic (exact) mass is 224 g/mol. The third-order valence-corrected chi connectivity index (χ3v) is 3.14. The average molecular weight is 225 g/mol. The number of aliphatic hydroxyl groups excluding tert-OH is 1. The molecule has 1 nitrogen and oxygen atoms in total. The molecule has 62 valence electrons. The van der Waals surface area contributed by atoms with Crippen LogP contribution in [-0.2, 0) is 6.61 Å². The lowest BCUT2D eigenvalue weighted by Crippen LogP contribution is -2.13. The van der Waals surface area contributed by atoms with Crippen molar-refractivity contribution in [2.45, 2.75) is 20.5 Å². The van der Waals surface area contributed by atoms with Crippen molar-refractivity contribution in [3.63, 3.8) is 0 Å². The molecule has 0 atom stereocenters. The van der Waals surface area contributed by atoms with Gasteiger partial charge in [-0.2, -0.15) is 0 Å². The standard InChI is InChI=1S/C9H10BBrO/c1-5-3-8(10)7(4-12)9(11)6(5)2/h3,12H,4H2,1-2H3. The molecule has 2 radical (unpaired) electrons. The van der Waals surface area contributed by atoms with Gasteiger partial charge in [-0.25, -0.2) is 0 Å². The highest BCUT2D eigenvalue weighted by Crippen LogP contribution is 2.22. The molecule has 0 spiro atoms. The summed E-state index contributed by atoms with van der Waals surface area (Å²) in [4.78, 5) is 0. The van der Waals surface area contributed by atoms with Crippen molar-refractivity contribution < 1.29 is 5.11 Å². The quantitative estimate of drug-likeness (QED) is 0.715. The highest BCUT2D eigenvalue weighted by molar-refractivity contribution is 9.10. The summed E-state index contributed by atoms with van der Waals surface area (Å²) in [6.45, 7) is 3.98. The van der Waals surface area contributed by atoms with E-state index < -0.39 is 0 Å². The minimum Gasteiger partial charge on any atom is -0.392 e. The zero-order valence-corrected chi connectivity index (χ0v) is 8.77. The van der Waals surface area contributed by atoms with Gasteiger partial charge in [-0.1, -0.05) is 27.5 Å². The first-order chi connectivity index (χ1) is 5.57. The summed E-state index contributed by atoms with van der Waals surface area (Å²) in [5.41, 5.74) is 3.69. The summed E-state index contributed by atoms with van der Waals surface area (Å²) in [6.07, 6.45) is 0. The third-order valence-electron chi connectivity index (χ3n) is 2.06. The largest absolute Gasteiger partial charge is 0.392 e. The van der Waals surface area contributed by atoms with Gasteiger partial charge in [0.1, 0.15) is 7.85 Å². The Bertz CT molecular complexity index is 310. The summed E-state index contributed by atoms with van der Waals surface area (Å²) >= 11 is 3.40. The van der Waals surface area contributed by atoms with Crippen LogP contribution in [0.15, 0.2) is 10.5 Å². The van der Waals surface area contributed by atoms with Gasteiger partial charge in [-0.05, 0) is 30.5 Å². The number of hydrogen-bond acceptors (Lipinski definition) is 1. The molecule has 0 unspecified atom stereocenters. The zero-order chi connectivity index (χ0) is 9.30. The van der Waals surface area contributed by atoms with Crippen molar-refractivity contribution in [3.8, 4) is 0 Å². The lowest BCUT2D eigenvalue weighted by Gasteiger charge is -2.11. The van der Waals surface area contributed by atoms with E-state index in [4.69, 9.17) is 13.0 Å². The molecule has 0 bridgehead atoms. The molecule has 1 aromatic rings. The van der Waals surface area contributed by atoms with Crippen LogP contribution in [0.5, 0.6) is 0 Å². The SMILES string of the molecule is [B]c1cc(C)c(C)c(Br)c1CO. The maximum absolute atomic E-state index is 9.00. The van der Waals surface area contributed by atoms with Gasteiger partial charge in [0, 0.05) is 4.47 Å². The number of hydrogen-bond donors (Lipinski definition) is 1. The molecular weight excluding hydrogens is 215 g/mol. The van der Waals surface area contributed by atoms with Crippen LogP contribution < -0.4 is 5.46 Å². The van der Waals surface area contributed by atoms with Crippen molar-refractivity contribution in [2.75, 3.05) is 0 Å². The van der Waals surface area contributed by atoms with Gasteiger partial charge in [0.05, 0.1) is 6.61 Å². The second-order valence-electron chi connectivity index (χ2n) is 2.86. The Balaban J connectivity index is 3.40. The zero-order valence-electron chi connectivity index (χ0n) is 7.19. The van der Waals surface area contributed by atoms with Gasteiger partial charge < -0.3 is 5.11 Å². The number of halogens is 1. The Morgan fingerprint density at radius 1 is 1.50 bits per heavy atom. The van der Waals surface area contributed by atoms with Gasteiger partial charge >= 0.3 is 0 Å².